The Morgan fingerprint density at radius 2 is 1.48 bits per heavy atom. The van der Waals surface area contributed by atoms with Gasteiger partial charge in [0.05, 0.1) is 10.5 Å². The molecule has 1 N–H and O–H groups in total. The van der Waals surface area contributed by atoms with Crippen LogP contribution in [0, 0.1) is 10.1 Å². The van der Waals surface area contributed by atoms with Gasteiger partial charge in [0, 0.05) is 25.6 Å². The summed E-state index contributed by atoms with van der Waals surface area (Å²) in [7, 11) is 1.61. The number of ether oxygens (including phenoxy) is 1. The van der Waals surface area contributed by atoms with Crippen LogP contribution in [0.1, 0.15) is 101 Å². The van der Waals surface area contributed by atoms with Gasteiger partial charge in [0.2, 0.25) is 5.91 Å². The fourth-order valence-corrected chi connectivity index (χ4v) is 3.50. The first-order valence-corrected chi connectivity index (χ1v) is 11.6. The van der Waals surface area contributed by atoms with E-state index in [9.17, 15) is 19.7 Å². The molecule has 1 rings (SSSR count). The highest BCUT2D eigenvalue weighted by Crippen LogP contribution is 2.19. The van der Waals surface area contributed by atoms with E-state index in [1.165, 1.54) is 69.2 Å². The minimum absolute atomic E-state index is 0.0245. The quantitative estimate of drug-likeness (QED) is 0.141. The van der Waals surface area contributed by atoms with Crippen molar-refractivity contribution in [1.82, 2.24) is 5.32 Å². The number of nitro groups is 1. The molecule has 0 aliphatic heterocycles. The fourth-order valence-electron chi connectivity index (χ4n) is 3.50. The number of hydrogen-bond donors (Lipinski definition) is 1. The predicted molar refractivity (Wildman–Crippen MR) is 122 cm³/mol. The van der Waals surface area contributed by atoms with Gasteiger partial charge in [-0.1, -0.05) is 58.3 Å². The van der Waals surface area contributed by atoms with E-state index in [0.29, 0.717) is 24.8 Å². The highest BCUT2D eigenvalue weighted by molar-refractivity contribution is 5.89. The zero-order valence-corrected chi connectivity index (χ0v) is 19.1. The number of amides is 1. The maximum absolute atomic E-state index is 12.5. The van der Waals surface area contributed by atoms with E-state index >= 15 is 0 Å². The number of carbonyl (C=O) groups excluding carboxylic acids is 2. The maximum atomic E-state index is 12.5. The number of rotatable bonds is 17. The second-order valence-corrected chi connectivity index (χ2v) is 8.01. The van der Waals surface area contributed by atoms with Crippen molar-refractivity contribution >= 4 is 17.6 Å². The molecule has 1 amide bonds. The van der Waals surface area contributed by atoms with Crippen molar-refractivity contribution in [2.45, 2.75) is 96.5 Å². The Hall–Kier alpha value is -2.44. The lowest BCUT2D eigenvalue weighted by Gasteiger charge is -2.18. The summed E-state index contributed by atoms with van der Waals surface area (Å²) in [6, 6.07) is 5.44. The number of nitrogens with zero attached hydrogens (tertiary/aromatic N) is 1. The number of unbranched alkanes of at least 4 members (excludes halogenated alkanes) is 8. The molecule has 0 saturated carbocycles. The Kier molecular flexibility index (Phi) is 14.0. The second-order valence-electron chi connectivity index (χ2n) is 8.01. The Bertz CT molecular complexity index is 660. The van der Waals surface area contributed by atoms with Crippen LogP contribution in [-0.2, 0) is 9.53 Å². The monoisotopic (exact) mass is 434 g/mol. The molecule has 31 heavy (non-hydrogen) atoms. The number of nitrogens with one attached hydrogen (secondary N) is 1. The molecule has 1 atom stereocenters. The molecule has 0 aliphatic carbocycles. The van der Waals surface area contributed by atoms with E-state index < -0.39 is 10.9 Å². The lowest BCUT2D eigenvalue weighted by Crippen LogP contribution is -2.21. The smallest absolute Gasteiger partial charge is 0.338 e. The van der Waals surface area contributed by atoms with Crippen molar-refractivity contribution in [3.8, 4) is 0 Å². The normalized spacial score (nSPS) is 11.7. The Morgan fingerprint density at radius 3 is 2.03 bits per heavy atom. The van der Waals surface area contributed by atoms with Gasteiger partial charge in [-0.2, -0.15) is 0 Å². The molecule has 0 bridgehead atoms. The van der Waals surface area contributed by atoms with Gasteiger partial charge in [0.25, 0.3) is 5.69 Å². The van der Waals surface area contributed by atoms with Crippen molar-refractivity contribution in [1.29, 1.82) is 0 Å². The van der Waals surface area contributed by atoms with Crippen LogP contribution in [0.4, 0.5) is 5.69 Å². The van der Waals surface area contributed by atoms with E-state index in [0.717, 1.165) is 19.3 Å². The summed E-state index contributed by atoms with van der Waals surface area (Å²) in [6.45, 7) is 2.22. The number of non-ortho nitro benzene ring substituents is 1. The first-order chi connectivity index (χ1) is 15.0. The van der Waals surface area contributed by atoms with Gasteiger partial charge in [0.15, 0.2) is 0 Å². The summed E-state index contributed by atoms with van der Waals surface area (Å²) in [5, 5.41) is 13.4. The van der Waals surface area contributed by atoms with Gasteiger partial charge in [-0.25, -0.2) is 4.79 Å². The zero-order chi connectivity index (χ0) is 22.9. The van der Waals surface area contributed by atoms with Gasteiger partial charge in [-0.3, -0.25) is 14.9 Å². The van der Waals surface area contributed by atoms with Crippen molar-refractivity contribution < 1.29 is 19.2 Å². The van der Waals surface area contributed by atoms with E-state index in [-0.39, 0.29) is 17.7 Å². The number of benzene rings is 1. The summed E-state index contributed by atoms with van der Waals surface area (Å²) in [4.78, 5) is 34.2. The minimum atomic E-state index is -0.499. The topological polar surface area (TPSA) is 98.5 Å². The lowest BCUT2D eigenvalue weighted by molar-refractivity contribution is -0.384. The average molecular weight is 435 g/mol. The molecule has 1 aromatic carbocycles. The molecule has 0 radical (unpaired) electrons. The van der Waals surface area contributed by atoms with Crippen molar-refractivity contribution in [2.24, 2.45) is 0 Å². The first-order valence-electron chi connectivity index (χ1n) is 11.6. The standard InChI is InChI=1S/C24H38N2O5/c1-3-4-5-6-7-8-9-10-11-13-22(14-12-15-23(27)25-2)31-24(28)20-16-18-21(19-17-20)26(29)30/h16-19,22H,3-15H2,1-2H3,(H,25,27)/t22-/m0/s1. The minimum Gasteiger partial charge on any atom is -0.459 e. The highest BCUT2D eigenvalue weighted by Gasteiger charge is 2.17. The van der Waals surface area contributed by atoms with Crippen LogP contribution in [0.2, 0.25) is 0 Å². The van der Waals surface area contributed by atoms with Crippen LogP contribution >= 0.6 is 0 Å². The zero-order valence-electron chi connectivity index (χ0n) is 19.1. The summed E-state index contributed by atoms with van der Waals surface area (Å²) in [5.74, 6) is -0.501. The van der Waals surface area contributed by atoms with Gasteiger partial charge in [-0.05, 0) is 37.8 Å². The average Bonchev–Trinajstić information content (AvgIpc) is 2.77. The molecule has 174 valence electrons. The number of nitro benzene ring substituents is 1. The van der Waals surface area contributed by atoms with Crippen LogP contribution in [0.5, 0.6) is 0 Å². The molecule has 7 nitrogen and oxygen atoms in total. The fraction of sp³-hybridized carbons (Fsp3) is 0.667. The Balaban J connectivity index is 2.46. The van der Waals surface area contributed by atoms with Crippen LogP contribution in [0.15, 0.2) is 24.3 Å². The van der Waals surface area contributed by atoms with Crippen molar-refractivity contribution in [3.05, 3.63) is 39.9 Å². The summed E-state index contributed by atoms with van der Waals surface area (Å²) < 4.78 is 5.68. The van der Waals surface area contributed by atoms with E-state index in [4.69, 9.17) is 4.74 Å². The third kappa shape index (κ3) is 12.1. The molecule has 0 saturated heterocycles. The van der Waals surface area contributed by atoms with Crippen molar-refractivity contribution in [3.63, 3.8) is 0 Å². The molecular formula is C24H38N2O5. The molecule has 1 aromatic rings. The largest absolute Gasteiger partial charge is 0.459 e. The van der Waals surface area contributed by atoms with Crippen LogP contribution in [0.3, 0.4) is 0 Å². The van der Waals surface area contributed by atoms with Gasteiger partial charge >= 0.3 is 5.97 Å². The molecule has 0 fully saturated rings. The highest BCUT2D eigenvalue weighted by atomic mass is 16.6. The van der Waals surface area contributed by atoms with Crippen LogP contribution < -0.4 is 5.32 Å². The molecule has 0 aliphatic rings. The summed E-state index contributed by atoms with van der Waals surface area (Å²) in [5.41, 5.74) is 0.238. The van der Waals surface area contributed by atoms with Gasteiger partial charge in [-0.15, -0.1) is 0 Å². The molecule has 0 spiro atoms. The third-order valence-corrected chi connectivity index (χ3v) is 5.43. The summed E-state index contributed by atoms with van der Waals surface area (Å²) >= 11 is 0. The second kappa shape index (κ2) is 16.3. The predicted octanol–water partition coefficient (Wildman–Crippen LogP) is 5.96. The Labute approximate surface area is 186 Å². The van der Waals surface area contributed by atoms with Gasteiger partial charge < -0.3 is 10.1 Å². The third-order valence-electron chi connectivity index (χ3n) is 5.43. The number of hydrogen-bond acceptors (Lipinski definition) is 5. The Morgan fingerprint density at radius 1 is 0.935 bits per heavy atom. The van der Waals surface area contributed by atoms with Crippen LogP contribution in [-0.4, -0.2) is 30.0 Å². The first kappa shape index (κ1) is 26.6. The van der Waals surface area contributed by atoms with E-state index in [1.54, 1.807) is 7.05 Å². The summed E-state index contributed by atoms with van der Waals surface area (Å²) in [6.07, 6.45) is 13.2. The molecule has 7 heteroatoms. The SMILES string of the molecule is CCCCCCCCCCC[C@@H](CCCC(=O)NC)OC(=O)c1ccc([N+](=O)[O-])cc1. The van der Waals surface area contributed by atoms with E-state index in [2.05, 4.69) is 12.2 Å². The number of esters is 1. The number of carbonyl (C=O) groups is 2. The molecular weight excluding hydrogens is 396 g/mol. The molecule has 0 aromatic heterocycles. The van der Waals surface area contributed by atoms with E-state index in [1.807, 2.05) is 0 Å². The van der Waals surface area contributed by atoms with Crippen molar-refractivity contribution in [2.75, 3.05) is 7.05 Å². The lowest BCUT2D eigenvalue weighted by atomic mass is 10.0. The van der Waals surface area contributed by atoms with Gasteiger partial charge in [0.1, 0.15) is 6.10 Å². The molecule has 0 heterocycles. The maximum Gasteiger partial charge on any atom is 0.338 e. The molecule has 0 unspecified atom stereocenters. The van der Waals surface area contributed by atoms with Crippen LogP contribution in [0.25, 0.3) is 0 Å².